The molecule has 0 bridgehead atoms. The highest BCUT2D eigenvalue weighted by Crippen LogP contribution is 2.29. The topological polar surface area (TPSA) is 86.2 Å². The SMILES string of the molecule is COc1cccc(C(=O)NN=Cc2ccc(OC(=O)c3ccc(Cl)c(Cl)c3)c(OC)c2)c1. The first-order chi connectivity index (χ1) is 15.4. The molecule has 7 nitrogen and oxygen atoms in total. The average molecular weight is 473 g/mol. The molecule has 0 radical (unpaired) electrons. The van der Waals surface area contributed by atoms with Crippen molar-refractivity contribution in [1.29, 1.82) is 0 Å². The zero-order valence-corrected chi connectivity index (χ0v) is 18.6. The molecule has 0 aliphatic rings. The monoisotopic (exact) mass is 472 g/mol. The Morgan fingerprint density at radius 2 is 1.69 bits per heavy atom. The number of benzene rings is 3. The van der Waals surface area contributed by atoms with E-state index in [0.717, 1.165) is 0 Å². The van der Waals surface area contributed by atoms with Gasteiger partial charge >= 0.3 is 5.97 Å². The van der Waals surface area contributed by atoms with Crippen LogP contribution in [0.1, 0.15) is 26.3 Å². The quantitative estimate of drug-likeness (QED) is 0.226. The van der Waals surface area contributed by atoms with Crippen LogP contribution in [0.5, 0.6) is 17.2 Å². The van der Waals surface area contributed by atoms with Gasteiger partial charge in [0.2, 0.25) is 0 Å². The highest BCUT2D eigenvalue weighted by Gasteiger charge is 2.14. The molecule has 164 valence electrons. The van der Waals surface area contributed by atoms with Crippen LogP contribution >= 0.6 is 23.2 Å². The first kappa shape index (κ1) is 23.1. The Balaban J connectivity index is 1.68. The standard InChI is InChI=1S/C23H18Cl2N2O5/c1-30-17-5-3-4-15(11-17)22(28)27-26-13-14-6-9-20(21(10-14)31-2)32-23(29)16-7-8-18(24)19(25)12-16/h3-13H,1-2H3,(H,27,28). The van der Waals surface area contributed by atoms with Crippen LogP contribution in [0.3, 0.4) is 0 Å². The van der Waals surface area contributed by atoms with Crippen molar-refractivity contribution in [3.63, 3.8) is 0 Å². The number of hydrazone groups is 1. The van der Waals surface area contributed by atoms with Crippen LogP contribution in [0.4, 0.5) is 0 Å². The number of esters is 1. The summed E-state index contributed by atoms with van der Waals surface area (Å²) in [5, 5.41) is 4.53. The molecule has 3 aromatic rings. The second kappa shape index (κ2) is 10.7. The number of rotatable bonds is 7. The number of nitrogens with zero attached hydrogens (tertiary/aromatic N) is 1. The second-order valence-corrected chi connectivity index (χ2v) is 7.17. The molecule has 0 saturated heterocycles. The van der Waals surface area contributed by atoms with E-state index in [1.54, 1.807) is 42.5 Å². The molecule has 1 amide bonds. The van der Waals surface area contributed by atoms with Gasteiger partial charge < -0.3 is 14.2 Å². The molecule has 3 rings (SSSR count). The lowest BCUT2D eigenvalue weighted by Crippen LogP contribution is -2.17. The van der Waals surface area contributed by atoms with Crippen LogP contribution in [0.2, 0.25) is 10.0 Å². The second-order valence-electron chi connectivity index (χ2n) is 6.36. The van der Waals surface area contributed by atoms with Crippen molar-refractivity contribution < 1.29 is 23.8 Å². The average Bonchev–Trinajstić information content (AvgIpc) is 2.81. The van der Waals surface area contributed by atoms with E-state index in [4.69, 9.17) is 37.4 Å². The normalized spacial score (nSPS) is 10.6. The van der Waals surface area contributed by atoms with Crippen LogP contribution < -0.4 is 19.6 Å². The van der Waals surface area contributed by atoms with Gasteiger partial charge in [0.1, 0.15) is 5.75 Å². The van der Waals surface area contributed by atoms with E-state index in [0.29, 0.717) is 27.6 Å². The van der Waals surface area contributed by atoms with Crippen molar-refractivity contribution in [3.05, 3.63) is 87.4 Å². The molecule has 0 saturated carbocycles. The van der Waals surface area contributed by atoms with Crippen molar-refractivity contribution >= 4 is 41.3 Å². The number of carbonyl (C=O) groups excluding carboxylic acids is 2. The lowest BCUT2D eigenvalue weighted by molar-refractivity contribution is 0.0729. The van der Waals surface area contributed by atoms with E-state index in [2.05, 4.69) is 10.5 Å². The van der Waals surface area contributed by atoms with Crippen LogP contribution in [-0.2, 0) is 0 Å². The number of methoxy groups -OCH3 is 2. The van der Waals surface area contributed by atoms with Gasteiger partial charge in [-0.3, -0.25) is 4.79 Å². The summed E-state index contributed by atoms with van der Waals surface area (Å²) in [6.45, 7) is 0. The molecule has 0 fully saturated rings. The zero-order chi connectivity index (χ0) is 23.1. The van der Waals surface area contributed by atoms with Gasteiger partial charge in [-0.25, -0.2) is 10.2 Å². The van der Waals surface area contributed by atoms with Gasteiger partial charge in [0.15, 0.2) is 11.5 Å². The molecule has 0 aromatic heterocycles. The van der Waals surface area contributed by atoms with Crippen molar-refractivity contribution in [1.82, 2.24) is 5.43 Å². The molecule has 0 aliphatic carbocycles. The minimum absolute atomic E-state index is 0.209. The number of hydrogen-bond acceptors (Lipinski definition) is 6. The molecule has 0 unspecified atom stereocenters. The molecule has 32 heavy (non-hydrogen) atoms. The predicted octanol–water partition coefficient (Wildman–Crippen LogP) is 4.99. The third kappa shape index (κ3) is 5.78. The summed E-state index contributed by atoms with van der Waals surface area (Å²) >= 11 is 11.8. The Morgan fingerprint density at radius 1 is 0.875 bits per heavy atom. The van der Waals surface area contributed by atoms with Crippen molar-refractivity contribution in [2.45, 2.75) is 0 Å². The van der Waals surface area contributed by atoms with Gasteiger partial charge in [-0.1, -0.05) is 29.3 Å². The van der Waals surface area contributed by atoms with Gasteiger partial charge in [0, 0.05) is 5.56 Å². The van der Waals surface area contributed by atoms with Crippen molar-refractivity contribution in [2.24, 2.45) is 5.10 Å². The maximum atomic E-state index is 12.4. The molecular formula is C23H18Cl2N2O5. The Morgan fingerprint density at radius 3 is 2.41 bits per heavy atom. The molecule has 1 N–H and O–H groups in total. The Hall–Kier alpha value is -3.55. The van der Waals surface area contributed by atoms with Gasteiger partial charge in [0.25, 0.3) is 5.91 Å². The summed E-state index contributed by atoms with van der Waals surface area (Å²) in [5.74, 6) is 0.0770. The van der Waals surface area contributed by atoms with Crippen LogP contribution in [0.25, 0.3) is 0 Å². The van der Waals surface area contributed by atoms with E-state index in [-0.39, 0.29) is 22.2 Å². The van der Waals surface area contributed by atoms with Gasteiger partial charge in [-0.2, -0.15) is 5.10 Å². The maximum Gasteiger partial charge on any atom is 0.343 e. The molecule has 3 aromatic carbocycles. The van der Waals surface area contributed by atoms with Gasteiger partial charge in [0.05, 0.1) is 36.0 Å². The Kier molecular flexibility index (Phi) is 7.70. The molecule has 0 spiro atoms. The minimum Gasteiger partial charge on any atom is -0.497 e. The fourth-order valence-electron chi connectivity index (χ4n) is 2.62. The van der Waals surface area contributed by atoms with Crippen molar-refractivity contribution in [3.8, 4) is 17.2 Å². The third-order valence-corrected chi connectivity index (χ3v) is 5.00. The van der Waals surface area contributed by atoms with E-state index in [9.17, 15) is 9.59 Å². The van der Waals surface area contributed by atoms with Crippen LogP contribution in [0, 0.1) is 0 Å². The number of halogens is 2. The number of carbonyl (C=O) groups is 2. The Labute approximate surface area is 194 Å². The molecule has 9 heteroatoms. The highest BCUT2D eigenvalue weighted by molar-refractivity contribution is 6.42. The minimum atomic E-state index is -0.617. The van der Waals surface area contributed by atoms with Crippen LogP contribution in [0.15, 0.2) is 65.8 Å². The molecule has 0 atom stereocenters. The number of hydrogen-bond donors (Lipinski definition) is 1. The summed E-state index contributed by atoms with van der Waals surface area (Å²) in [7, 11) is 2.96. The molecule has 0 aliphatic heterocycles. The van der Waals surface area contributed by atoms with E-state index < -0.39 is 5.97 Å². The summed E-state index contributed by atoms with van der Waals surface area (Å²) in [5.41, 5.74) is 3.70. The lowest BCUT2D eigenvalue weighted by Gasteiger charge is -2.10. The van der Waals surface area contributed by atoms with E-state index in [1.807, 2.05) is 0 Å². The fraction of sp³-hybridized carbons (Fsp3) is 0.0870. The van der Waals surface area contributed by atoms with Gasteiger partial charge in [-0.15, -0.1) is 0 Å². The van der Waals surface area contributed by atoms with E-state index in [1.165, 1.54) is 38.6 Å². The third-order valence-electron chi connectivity index (χ3n) is 4.26. The van der Waals surface area contributed by atoms with E-state index >= 15 is 0 Å². The predicted molar refractivity (Wildman–Crippen MR) is 122 cm³/mol. The zero-order valence-electron chi connectivity index (χ0n) is 17.1. The highest BCUT2D eigenvalue weighted by atomic mass is 35.5. The van der Waals surface area contributed by atoms with Crippen LogP contribution in [-0.4, -0.2) is 32.3 Å². The number of ether oxygens (including phenoxy) is 3. The maximum absolute atomic E-state index is 12.4. The largest absolute Gasteiger partial charge is 0.497 e. The summed E-state index contributed by atoms with van der Waals surface area (Å²) in [6, 6.07) is 16.0. The summed E-state index contributed by atoms with van der Waals surface area (Å²) in [6.07, 6.45) is 1.44. The summed E-state index contributed by atoms with van der Waals surface area (Å²) < 4.78 is 15.8. The lowest BCUT2D eigenvalue weighted by atomic mass is 10.2. The molecule has 0 heterocycles. The Bertz CT molecular complexity index is 1180. The summed E-state index contributed by atoms with van der Waals surface area (Å²) in [4.78, 5) is 24.6. The van der Waals surface area contributed by atoms with Gasteiger partial charge in [-0.05, 0) is 60.2 Å². The first-order valence-electron chi connectivity index (χ1n) is 9.24. The first-order valence-corrected chi connectivity index (χ1v) is 9.99. The number of amides is 1. The van der Waals surface area contributed by atoms with Crippen molar-refractivity contribution in [2.75, 3.05) is 14.2 Å². The molecular weight excluding hydrogens is 455 g/mol. The smallest absolute Gasteiger partial charge is 0.343 e. The fourth-order valence-corrected chi connectivity index (χ4v) is 2.92. The number of nitrogens with one attached hydrogen (secondary N) is 1.